The summed E-state index contributed by atoms with van der Waals surface area (Å²) in [4.78, 5) is 0. The van der Waals surface area contributed by atoms with Crippen LogP contribution in [0.3, 0.4) is 0 Å². The molecule has 0 aromatic rings. The smallest absolute Gasteiger partial charge is 0.0834 e. The van der Waals surface area contributed by atoms with E-state index >= 15 is 0 Å². The van der Waals surface area contributed by atoms with Gasteiger partial charge in [-0.25, -0.2) is 0 Å². The summed E-state index contributed by atoms with van der Waals surface area (Å²) in [5, 5.41) is 3.70. The van der Waals surface area contributed by atoms with Crippen molar-refractivity contribution in [2.24, 2.45) is 0 Å². The molecule has 0 saturated heterocycles. The van der Waals surface area contributed by atoms with Gasteiger partial charge in [-0.2, -0.15) is 0 Å². The number of unbranched alkanes of at least 4 members (excludes halogenated alkanes) is 3. The molecule has 0 amide bonds. The first kappa shape index (κ1) is 16.0. The Labute approximate surface area is 114 Å². The van der Waals surface area contributed by atoms with Gasteiger partial charge in [0.2, 0.25) is 0 Å². The molecule has 18 heavy (non-hydrogen) atoms. The Morgan fingerprint density at radius 2 is 1.78 bits per heavy atom. The van der Waals surface area contributed by atoms with Crippen molar-refractivity contribution in [1.29, 1.82) is 0 Å². The van der Waals surface area contributed by atoms with Crippen LogP contribution in [0.1, 0.15) is 78.6 Å². The lowest BCUT2D eigenvalue weighted by atomic mass is 9.87. The summed E-state index contributed by atoms with van der Waals surface area (Å²) in [6, 6.07) is 0.571. The minimum atomic E-state index is 0.150. The van der Waals surface area contributed by atoms with Crippen LogP contribution in [0.15, 0.2) is 0 Å². The van der Waals surface area contributed by atoms with Gasteiger partial charge >= 0.3 is 0 Å². The molecule has 0 aromatic heterocycles. The van der Waals surface area contributed by atoms with Crippen molar-refractivity contribution in [3.8, 4) is 0 Å². The molecular formula is C16H33NO. The molecule has 1 aliphatic rings. The van der Waals surface area contributed by atoms with Gasteiger partial charge in [0, 0.05) is 12.6 Å². The van der Waals surface area contributed by atoms with Crippen molar-refractivity contribution in [1.82, 2.24) is 5.32 Å². The van der Waals surface area contributed by atoms with Crippen LogP contribution in [0, 0.1) is 0 Å². The first-order valence-electron chi connectivity index (χ1n) is 8.16. The molecule has 1 unspecified atom stereocenters. The van der Waals surface area contributed by atoms with Crippen molar-refractivity contribution in [2.45, 2.75) is 90.2 Å². The third-order valence-corrected chi connectivity index (χ3v) is 4.31. The van der Waals surface area contributed by atoms with Crippen LogP contribution in [-0.2, 0) is 4.74 Å². The predicted octanol–water partition coefficient (Wildman–Crippen LogP) is 4.28. The fraction of sp³-hybridized carbons (Fsp3) is 1.00. The van der Waals surface area contributed by atoms with Crippen LogP contribution in [-0.4, -0.2) is 24.8 Å². The summed E-state index contributed by atoms with van der Waals surface area (Å²) >= 11 is 0. The van der Waals surface area contributed by atoms with E-state index in [9.17, 15) is 0 Å². The van der Waals surface area contributed by atoms with E-state index in [1.54, 1.807) is 0 Å². The first-order valence-corrected chi connectivity index (χ1v) is 8.16. The van der Waals surface area contributed by atoms with Gasteiger partial charge in [-0.05, 0) is 32.7 Å². The van der Waals surface area contributed by atoms with Crippen molar-refractivity contribution in [3.05, 3.63) is 0 Å². The Balaban J connectivity index is 2.50. The third kappa shape index (κ3) is 4.55. The summed E-state index contributed by atoms with van der Waals surface area (Å²) in [6.07, 6.45) is 11.9. The SMILES string of the molecule is CCCCCCC(NCC)C1(OCC)CCCC1. The van der Waals surface area contributed by atoms with E-state index in [2.05, 4.69) is 26.1 Å². The van der Waals surface area contributed by atoms with Crippen LogP contribution in [0.4, 0.5) is 0 Å². The Bertz CT molecular complexity index is 199. The second kappa shape index (κ2) is 8.92. The Hall–Kier alpha value is -0.0800. The highest BCUT2D eigenvalue weighted by Gasteiger charge is 2.41. The van der Waals surface area contributed by atoms with E-state index in [0.717, 1.165) is 13.2 Å². The topological polar surface area (TPSA) is 21.3 Å². The van der Waals surface area contributed by atoms with E-state index in [4.69, 9.17) is 4.74 Å². The third-order valence-electron chi connectivity index (χ3n) is 4.31. The molecule has 2 nitrogen and oxygen atoms in total. The Kier molecular flexibility index (Phi) is 7.92. The lowest BCUT2D eigenvalue weighted by molar-refractivity contribution is -0.0633. The maximum absolute atomic E-state index is 6.20. The highest BCUT2D eigenvalue weighted by Crippen LogP contribution is 2.37. The molecule has 0 heterocycles. The van der Waals surface area contributed by atoms with E-state index in [-0.39, 0.29) is 5.60 Å². The monoisotopic (exact) mass is 255 g/mol. The van der Waals surface area contributed by atoms with Crippen molar-refractivity contribution in [3.63, 3.8) is 0 Å². The molecular weight excluding hydrogens is 222 g/mol. The average molecular weight is 255 g/mol. The number of ether oxygens (including phenoxy) is 1. The van der Waals surface area contributed by atoms with Crippen molar-refractivity contribution < 1.29 is 4.74 Å². The van der Waals surface area contributed by atoms with E-state index in [0.29, 0.717) is 6.04 Å². The van der Waals surface area contributed by atoms with Gasteiger partial charge in [0.25, 0.3) is 0 Å². The number of likely N-dealkylation sites (N-methyl/N-ethyl adjacent to an activating group) is 1. The number of rotatable bonds is 10. The predicted molar refractivity (Wildman–Crippen MR) is 79.0 cm³/mol. The standard InChI is InChI=1S/C16H33NO/c1-4-7-8-9-12-15(17-5-2)16(18-6-3)13-10-11-14-16/h15,17H,4-14H2,1-3H3. The maximum atomic E-state index is 6.20. The van der Waals surface area contributed by atoms with Gasteiger partial charge in [-0.1, -0.05) is 52.4 Å². The molecule has 1 aliphatic carbocycles. The number of nitrogens with one attached hydrogen (secondary N) is 1. The zero-order valence-electron chi connectivity index (χ0n) is 12.8. The number of hydrogen-bond donors (Lipinski definition) is 1. The van der Waals surface area contributed by atoms with Gasteiger partial charge in [-0.3, -0.25) is 0 Å². The highest BCUT2D eigenvalue weighted by molar-refractivity contribution is 4.96. The van der Waals surface area contributed by atoms with Gasteiger partial charge < -0.3 is 10.1 Å². The summed E-state index contributed by atoms with van der Waals surface area (Å²) in [5.41, 5.74) is 0.150. The van der Waals surface area contributed by atoms with Crippen LogP contribution < -0.4 is 5.32 Å². The fourth-order valence-electron chi connectivity index (χ4n) is 3.43. The summed E-state index contributed by atoms with van der Waals surface area (Å²) in [7, 11) is 0. The highest BCUT2D eigenvalue weighted by atomic mass is 16.5. The normalized spacial score (nSPS) is 20.2. The van der Waals surface area contributed by atoms with Crippen LogP contribution >= 0.6 is 0 Å². The second-order valence-corrected chi connectivity index (χ2v) is 5.66. The van der Waals surface area contributed by atoms with Crippen LogP contribution in [0.2, 0.25) is 0 Å². The van der Waals surface area contributed by atoms with E-state index < -0.39 is 0 Å². The lowest BCUT2D eigenvalue weighted by Crippen LogP contribution is -2.51. The Morgan fingerprint density at radius 3 is 2.33 bits per heavy atom. The zero-order chi connectivity index (χ0) is 13.3. The van der Waals surface area contributed by atoms with Crippen molar-refractivity contribution >= 4 is 0 Å². The first-order chi connectivity index (χ1) is 8.79. The molecule has 0 radical (unpaired) electrons. The summed E-state index contributed by atoms with van der Waals surface area (Å²) in [5.74, 6) is 0. The molecule has 0 aromatic carbocycles. The van der Waals surface area contributed by atoms with Crippen molar-refractivity contribution in [2.75, 3.05) is 13.2 Å². The molecule has 0 bridgehead atoms. The number of hydrogen-bond acceptors (Lipinski definition) is 2. The second-order valence-electron chi connectivity index (χ2n) is 5.66. The molecule has 0 aliphatic heterocycles. The minimum absolute atomic E-state index is 0.150. The molecule has 1 fully saturated rings. The van der Waals surface area contributed by atoms with Gasteiger partial charge in [0.1, 0.15) is 0 Å². The minimum Gasteiger partial charge on any atom is -0.374 e. The molecule has 1 N–H and O–H groups in total. The summed E-state index contributed by atoms with van der Waals surface area (Å²) in [6.45, 7) is 8.55. The largest absolute Gasteiger partial charge is 0.374 e. The van der Waals surface area contributed by atoms with E-state index in [1.165, 1.54) is 57.8 Å². The Morgan fingerprint density at radius 1 is 1.06 bits per heavy atom. The zero-order valence-corrected chi connectivity index (χ0v) is 12.8. The molecule has 108 valence electrons. The van der Waals surface area contributed by atoms with E-state index in [1.807, 2.05) is 0 Å². The van der Waals surface area contributed by atoms with Gasteiger partial charge in [0.05, 0.1) is 5.60 Å². The maximum Gasteiger partial charge on any atom is 0.0834 e. The average Bonchev–Trinajstić information content (AvgIpc) is 2.83. The van der Waals surface area contributed by atoms with Gasteiger partial charge in [0.15, 0.2) is 0 Å². The molecule has 1 saturated carbocycles. The molecule has 1 rings (SSSR count). The van der Waals surface area contributed by atoms with Crippen LogP contribution in [0.25, 0.3) is 0 Å². The fourth-order valence-corrected chi connectivity index (χ4v) is 3.43. The summed E-state index contributed by atoms with van der Waals surface area (Å²) < 4.78 is 6.20. The molecule has 2 heteroatoms. The molecule has 1 atom stereocenters. The lowest BCUT2D eigenvalue weighted by Gasteiger charge is -2.38. The van der Waals surface area contributed by atoms with Crippen LogP contribution in [0.5, 0.6) is 0 Å². The molecule has 0 spiro atoms. The quantitative estimate of drug-likeness (QED) is 0.588. The van der Waals surface area contributed by atoms with Gasteiger partial charge in [-0.15, -0.1) is 0 Å².